The number of anilines is 2. The lowest BCUT2D eigenvalue weighted by Gasteiger charge is -2.09. The van der Waals surface area contributed by atoms with Gasteiger partial charge in [-0.3, -0.25) is 4.79 Å². The molecule has 0 spiro atoms. The Kier molecular flexibility index (Phi) is 6.73. The number of aryl methyl sites for hydroxylation is 3. The number of hydrogen-bond donors (Lipinski definition) is 2. The topological polar surface area (TPSA) is 119 Å². The maximum absolute atomic E-state index is 12.5. The smallest absolute Gasteiger partial charge is 0.264 e. The molecule has 30 heavy (non-hydrogen) atoms. The Balaban J connectivity index is 1.57. The minimum atomic E-state index is -3.84. The second kappa shape index (κ2) is 9.26. The van der Waals surface area contributed by atoms with Gasteiger partial charge in [0.25, 0.3) is 10.0 Å². The van der Waals surface area contributed by atoms with Crippen LogP contribution in [0, 0.1) is 13.8 Å². The molecule has 0 radical (unpaired) electrons. The van der Waals surface area contributed by atoms with Crippen molar-refractivity contribution in [1.82, 2.24) is 19.5 Å². The lowest BCUT2D eigenvalue weighted by atomic mass is 10.3. The highest BCUT2D eigenvalue weighted by Gasteiger charge is 2.16. The average molecular weight is 447 g/mol. The Morgan fingerprint density at radius 3 is 2.40 bits per heavy atom. The van der Waals surface area contributed by atoms with Crippen LogP contribution in [0.4, 0.5) is 11.6 Å². The Labute approximate surface area is 179 Å². The van der Waals surface area contributed by atoms with Crippen LogP contribution in [0.1, 0.15) is 17.8 Å². The van der Waals surface area contributed by atoms with Crippen LogP contribution in [-0.4, -0.2) is 39.6 Å². The number of rotatable bonds is 8. The summed E-state index contributed by atoms with van der Waals surface area (Å²) in [5, 5.41) is 3.61. The van der Waals surface area contributed by atoms with E-state index in [0.29, 0.717) is 29.2 Å². The van der Waals surface area contributed by atoms with E-state index >= 15 is 0 Å². The Morgan fingerprint density at radius 1 is 1.13 bits per heavy atom. The number of aromatic nitrogens is 4. The summed E-state index contributed by atoms with van der Waals surface area (Å²) in [6, 6.07) is 7.68. The molecular weight excluding hydrogens is 424 g/mol. The van der Waals surface area contributed by atoms with E-state index in [0.717, 1.165) is 5.16 Å². The number of carbonyl (C=O) groups excluding carboxylic acids is 1. The highest BCUT2D eigenvalue weighted by Crippen LogP contribution is 2.18. The summed E-state index contributed by atoms with van der Waals surface area (Å²) >= 11 is 1.49. The van der Waals surface area contributed by atoms with Gasteiger partial charge in [0.2, 0.25) is 11.9 Å². The minimum Gasteiger partial charge on any atom is -0.329 e. The molecule has 3 rings (SSSR count). The molecule has 0 bridgehead atoms. The molecule has 3 aromatic rings. The molecule has 2 heterocycles. The monoisotopic (exact) mass is 446 g/mol. The van der Waals surface area contributed by atoms with Crippen molar-refractivity contribution in [3.8, 4) is 0 Å². The Bertz CT molecular complexity index is 1120. The molecule has 9 nitrogen and oxygen atoms in total. The zero-order chi connectivity index (χ0) is 21.7. The molecule has 2 N–H and O–H groups in total. The molecule has 0 aliphatic rings. The molecular formula is C19H22N6O3S2. The zero-order valence-corrected chi connectivity index (χ0v) is 18.4. The Morgan fingerprint density at radius 2 is 1.80 bits per heavy atom. The predicted octanol–water partition coefficient (Wildman–Crippen LogP) is 2.75. The van der Waals surface area contributed by atoms with Crippen molar-refractivity contribution >= 4 is 39.3 Å². The molecule has 0 atom stereocenters. The number of benzene rings is 1. The average Bonchev–Trinajstić information content (AvgIpc) is 3.06. The van der Waals surface area contributed by atoms with Crippen LogP contribution in [0.15, 0.2) is 52.8 Å². The third-order valence-corrected chi connectivity index (χ3v) is 6.40. The highest BCUT2D eigenvalue weighted by atomic mass is 32.2. The Hall–Kier alpha value is -2.92. The van der Waals surface area contributed by atoms with Gasteiger partial charge in [0.05, 0.1) is 4.90 Å². The first-order valence-electron chi connectivity index (χ1n) is 9.08. The largest absolute Gasteiger partial charge is 0.329 e. The SMILES string of the molecule is Cc1cc(C)nc(NS(=O)(=O)c2ccc(NC(=O)CCSc3nccn3C)cc2)n1. The second-order valence-corrected chi connectivity index (χ2v) is 9.32. The van der Waals surface area contributed by atoms with Gasteiger partial charge in [-0.25, -0.2) is 28.1 Å². The fourth-order valence-corrected chi connectivity index (χ4v) is 4.43. The summed E-state index contributed by atoms with van der Waals surface area (Å²) < 4.78 is 29.4. The molecule has 0 saturated heterocycles. The van der Waals surface area contributed by atoms with Crippen LogP contribution in [-0.2, 0) is 21.9 Å². The first-order valence-corrected chi connectivity index (χ1v) is 11.5. The van der Waals surface area contributed by atoms with Gasteiger partial charge in [-0.05, 0) is 44.2 Å². The van der Waals surface area contributed by atoms with E-state index in [1.807, 2.05) is 17.8 Å². The quantitative estimate of drug-likeness (QED) is 0.511. The van der Waals surface area contributed by atoms with E-state index in [4.69, 9.17) is 0 Å². The van der Waals surface area contributed by atoms with E-state index in [9.17, 15) is 13.2 Å². The highest BCUT2D eigenvalue weighted by molar-refractivity contribution is 7.99. The minimum absolute atomic E-state index is 0.0232. The lowest BCUT2D eigenvalue weighted by molar-refractivity contribution is -0.115. The van der Waals surface area contributed by atoms with Crippen molar-refractivity contribution in [1.29, 1.82) is 0 Å². The van der Waals surface area contributed by atoms with Crippen molar-refractivity contribution in [2.24, 2.45) is 7.05 Å². The van der Waals surface area contributed by atoms with Crippen LogP contribution in [0.3, 0.4) is 0 Å². The molecule has 0 fully saturated rings. The molecule has 0 saturated carbocycles. The van der Waals surface area contributed by atoms with Crippen molar-refractivity contribution in [3.05, 3.63) is 54.1 Å². The van der Waals surface area contributed by atoms with Gasteiger partial charge < -0.3 is 9.88 Å². The number of thioether (sulfide) groups is 1. The summed E-state index contributed by atoms with van der Waals surface area (Å²) in [5.74, 6) is 0.451. The summed E-state index contributed by atoms with van der Waals surface area (Å²) in [5.41, 5.74) is 1.85. The third kappa shape index (κ3) is 5.80. The van der Waals surface area contributed by atoms with Gasteiger partial charge in [0.1, 0.15) is 0 Å². The molecule has 11 heteroatoms. The summed E-state index contributed by atoms with van der Waals surface area (Å²) in [7, 11) is -1.94. The van der Waals surface area contributed by atoms with Crippen LogP contribution in [0.25, 0.3) is 0 Å². The fourth-order valence-electron chi connectivity index (χ4n) is 2.62. The van der Waals surface area contributed by atoms with Gasteiger partial charge in [-0.2, -0.15) is 0 Å². The molecule has 1 amide bonds. The third-order valence-electron chi connectivity index (χ3n) is 3.99. The number of sulfonamides is 1. The molecule has 0 aliphatic heterocycles. The summed E-state index contributed by atoms with van der Waals surface area (Å²) in [6.45, 7) is 3.53. The fraction of sp³-hybridized carbons (Fsp3) is 0.263. The van der Waals surface area contributed by atoms with E-state index in [1.165, 1.54) is 23.9 Å². The van der Waals surface area contributed by atoms with E-state index in [1.54, 1.807) is 38.2 Å². The van der Waals surface area contributed by atoms with Crippen molar-refractivity contribution in [3.63, 3.8) is 0 Å². The second-order valence-electron chi connectivity index (χ2n) is 6.57. The van der Waals surface area contributed by atoms with Crippen molar-refractivity contribution in [2.45, 2.75) is 30.3 Å². The standard InChI is InChI=1S/C19H22N6O3S2/c1-13-12-14(2)22-18(21-13)24-30(27,28)16-6-4-15(5-7-16)23-17(26)8-11-29-19-20-9-10-25(19)3/h4-7,9-10,12H,8,11H2,1-3H3,(H,23,26)(H,21,22,24). The molecule has 158 valence electrons. The first kappa shape index (κ1) is 21.8. The van der Waals surface area contributed by atoms with E-state index < -0.39 is 10.0 Å². The number of amides is 1. The van der Waals surface area contributed by atoms with Gasteiger partial charge in [0, 0.05) is 48.7 Å². The summed E-state index contributed by atoms with van der Waals surface area (Å²) in [4.78, 5) is 24.5. The summed E-state index contributed by atoms with van der Waals surface area (Å²) in [6.07, 6.45) is 3.86. The molecule has 1 aromatic carbocycles. The van der Waals surface area contributed by atoms with Gasteiger partial charge in [-0.1, -0.05) is 11.8 Å². The van der Waals surface area contributed by atoms with Crippen molar-refractivity contribution < 1.29 is 13.2 Å². The molecule has 0 unspecified atom stereocenters. The maximum atomic E-state index is 12.5. The molecule has 0 aliphatic carbocycles. The first-order chi connectivity index (χ1) is 14.2. The van der Waals surface area contributed by atoms with Gasteiger partial charge in [0.15, 0.2) is 5.16 Å². The van der Waals surface area contributed by atoms with E-state index in [2.05, 4.69) is 25.0 Å². The van der Waals surface area contributed by atoms with E-state index in [-0.39, 0.29) is 16.8 Å². The van der Waals surface area contributed by atoms with Gasteiger partial charge in [-0.15, -0.1) is 0 Å². The number of imidazole rings is 1. The number of nitrogens with one attached hydrogen (secondary N) is 2. The maximum Gasteiger partial charge on any atom is 0.264 e. The molecule has 2 aromatic heterocycles. The van der Waals surface area contributed by atoms with Gasteiger partial charge >= 0.3 is 0 Å². The lowest BCUT2D eigenvalue weighted by Crippen LogP contribution is -2.16. The van der Waals surface area contributed by atoms with Crippen LogP contribution in [0.5, 0.6) is 0 Å². The van der Waals surface area contributed by atoms with Crippen LogP contribution < -0.4 is 10.0 Å². The predicted molar refractivity (Wildman–Crippen MR) is 116 cm³/mol. The van der Waals surface area contributed by atoms with Crippen LogP contribution in [0.2, 0.25) is 0 Å². The number of hydrogen-bond acceptors (Lipinski definition) is 7. The number of nitrogens with zero attached hydrogens (tertiary/aromatic N) is 4. The number of carbonyl (C=O) groups is 1. The normalized spacial score (nSPS) is 11.3. The van der Waals surface area contributed by atoms with Crippen LogP contribution >= 0.6 is 11.8 Å². The van der Waals surface area contributed by atoms with Crippen molar-refractivity contribution in [2.75, 3.05) is 15.8 Å². The zero-order valence-electron chi connectivity index (χ0n) is 16.8.